The molecule has 1 aromatic heterocycles. The molecule has 0 amide bonds. The SMILES string of the molecule is COC(=O)C[C@@H]1COc2cc(O[C@@H]3CCc4c(-c5c(C)cc(-c6ccc(OC)nc6)cc5C)ccc(F)c43)ccc21. The van der Waals surface area contributed by atoms with Gasteiger partial charge in [0.05, 0.1) is 27.2 Å². The maximum atomic E-state index is 15.3. The number of halogens is 1. The van der Waals surface area contributed by atoms with E-state index in [1.165, 1.54) is 7.11 Å². The summed E-state index contributed by atoms with van der Waals surface area (Å²) in [6.45, 7) is 4.61. The molecular weight excluding hydrogens is 521 g/mol. The van der Waals surface area contributed by atoms with Crippen LogP contribution in [0.1, 0.15) is 52.7 Å². The van der Waals surface area contributed by atoms with E-state index in [9.17, 15) is 4.79 Å². The van der Waals surface area contributed by atoms with Crippen LogP contribution in [0.2, 0.25) is 0 Å². The number of esters is 1. The predicted molar refractivity (Wildman–Crippen MR) is 154 cm³/mol. The second-order valence-electron chi connectivity index (χ2n) is 10.7. The van der Waals surface area contributed by atoms with Crippen molar-refractivity contribution < 1.29 is 28.1 Å². The number of hydrogen-bond acceptors (Lipinski definition) is 6. The van der Waals surface area contributed by atoms with E-state index in [0.29, 0.717) is 36.0 Å². The van der Waals surface area contributed by atoms with Gasteiger partial charge in [-0.1, -0.05) is 24.3 Å². The van der Waals surface area contributed by atoms with Gasteiger partial charge in [-0.25, -0.2) is 9.37 Å². The van der Waals surface area contributed by atoms with Gasteiger partial charge >= 0.3 is 5.97 Å². The Morgan fingerprint density at radius 1 is 1.02 bits per heavy atom. The molecular formula is C34H32FNO5. The van der Waals surface area contributed by atoms with Gasteiger partial charge in [-0.2, -0.15) is 0 Å². The molecule has 0 bridgehead atoms. The fourth-order valence-electron chi connectivity index (χ4n) is 6.20. The first-order chi connectivity index (χ1) is 19.9. The van der Waals surface area contributed by atoms with E-state index >= 15 is 4.39 Å². The van der Waals surface area contributed by atoms with Gasteiger partial charge in [0.1, 0.15) is 23.4 Å². The Balaban J connectivity index is 1.28. The summed E-state index contributed by atoms with van der Waals surface area (Å²) < 4.78 is 37.6. The Morgan fingerprint density at radius 3 is 2.54 bits per heavy atom. The lowest BCUT2D eigenvalue weighted by atomic mass is 9.88. The second kappa shape index (κ2) is 10.9. The molecule has 2 heterocycles. The van der Waals surface area contributed by atoms with Gasteiger partial charge in [0.15, 0.2) is 0 Å². The molecule has 4 aromatic rings. The summed E-state index contributed by atoms with van der Waals surface area (Å²) in [5.74, 6) is 1.33. The third kappa shape index (κ3) is 5.01. The number of aryl methyl sites for hydroxylation is 2. The Kier molecular flexibility index (Phi) is 7.12. The van der Waals surface area contributed by atoms with Crippen molar-refractivity contribution in [1.29, 1.82) is 0 Å². The van der Waals surface area contributed by atoms with Crippen molar-refractivity contribution in [3.05, 3.63) is 94.4 Å². The van der Waals surface area contributed by atoms with Gasteiger partial charge in [-0.3, -0.25) is 4.79 Å². The lowest BCUT2D eigenvalue weighted by molar-refractivity contribution is -0.141. The molecule has 6 nitrogen and oxygen atoms in total. The first kappa shape index (κ1) is 26.8. The Morgan fingerprint density at radius 2 is 1.83 bits per heavy atom. The average molecular weight is 554 g/mol. The molecule has 41 heavy (non-hydrogen) atoms. The summed E-state index contributed by atoms with van der Waals surface area (Å²) in [6, 6.07) is 17.3. The van der Waals surface area contributed by atoms with Crippen LogP contribution in [-0.4, -0.2) is 31.8 Å². The first-order valence-electron chi connectivity index (χ1n) is 13.8. The maximum Gasteiger partial charge on any atom is 0.306 e. The summed E-state index contributed by atoms with van der Waals surface area (Å²) >= 11 is 0. The number of methoxy groups -OCH3 is 2. The topological polar surface area (TPSA) is 66.9 Å². The minimum atomic E-state index is -0.402. The van der Waals surface area contributed by atoms with Crippen LogP contribution in [0.4, 0.5) is 4.39 Å². The van der Waals surface area contributed by atoms with Crippen LogP contribution >= 0.6 is 0 Å². The number of fused-ring (bicyclic) bond motifs is 2. The summed E-state index contributed by atoms with van der Waals surface area (Å²) in [6.07, 6.45) is 3.08. The number of pyridine rings is 1. The standard InChI is InChI=1S/C34H32FNO5/c1-19-13-22(21-5-12-31(38-3)36-17-21)14-20(2)33(19)26-8-10-28(35)34-27(26)9-11-29(34)41-24-6-7-25-23(15-32(37)39-4)18-40-30(25)16-24/h5-8,10,12-14,16-17,23,29H,9,11,15,18H2,1-4H3/t23-,29-/m1/s1. The molecule has 0 saturated heterocycles. The van der Waals surface area contributed by atoms with Crippen LogP contribution in [0.15, 0.2) is 60.8 Å². The fourth-order valence-corrected chi connectivity index (χ4v) is 6.20. The van der Waals surface area contributed by atoms with E-state index in [1.807, 2.05) is 42.6 Å². The Hall–Kier alpha value is -4.39. The second-order valence-corrected chi connectivity index (χ2v) is 10.7. The van der Waals surface area contributed by atoms with Crippen molar-refractivity contribution in [3.8, 4) is 39.6 Å². The highest BCUT2D eigenvalue weighted by atomic mass is 19.1. The molecule has 210 valence electrons. The number of rotatable bonds is 7. The third-order valence-corrected chi connectivity index (χ3v) is 8.15. The largest absolute Gasteiger partial charge is 0.492 e. The summed E-state index contributed by atoms with van der Waals surface area (Å²) in [5.41, 5.74) is 9.06. The van der Waals surface area contributed by atoms with E-state index in [1.54, 1.807) is 13.2 Å². The predicted octanol–water partition coefficient (Wildman–Crippen LogP) is 7.29. The molecule has 6 rings (SSSR count). The molecule has 0 fully saturated rings. The molecule has 2 aliphatic rings. The van der Waals surface area contributed by atoms with E-state index in [-0.39, 0.29) is 24.1 Å². The van der Waals surface area contributed by atoms with Crippen LogP contribution in [0.3, 0.4) is 0 Å². The highest BCUT2D eigenvalue weighted by Gasteiger charge is 2.32. The molecule has 1 aliphatic heterocycles. The van der Waals surface area contributed by atoms with Crippen LogP contribution in [0.5, 0.6) is 17.4 Å². The number of ether oxygens (including phenoxy) is 4. The number of nitrogens with zero attached hydrogens (tertiary/aromatic N) is 1. The normalized spacial score (nSPS) is 17.0. The average Bonchev–Trinajstić information content (AvgIpc) is 3.58. The van der Waals surface area contributed by atoms with Crippen molar-refractivity contribution >= 4 is 5.97 Å². The van der Waals surface area contributed by atoms with E-state index < -0.39 is 6.10 Å². The van der Waals surface area contributed by atoms with Gasteiger partial charge < -0.3 is 18.9 Å². The Labute approximate surface area is 239 Å². The van der Waals surface area contributed by atoms with Crippen molar-refractivity contribution in [2.24, 2.45) is 0 Å². The number of aromatic nitrogens is 1. The van der Waals surface area contributed by atoms with Crippen LogP contribution in [0, 0.1) is 19.7 Å². The minimum Gasteiger partial charge on any atom is -0.492 e. The number of carbonyl (C=O) groups excluding carboxylic acids is 1. The van der Waals surface area contributed by atoms with Crippen LogP contribution < -0.4 is 14.2 Å². The van der Waals surface area contributed by atoms with Crippen LogP contribution in [0.25, 0.3) is 22.3 Å². The lowest BCUT2D eigenvalue weighted by Gasteiger charge is -2.19. The summed E-state index contributed by atoms with van der Waals surface area (Å²) in [4.78, 5) is 16.1. The fraction of sp³-hybridized carbons (Fsp3) is 0.294. The van der Waals surface area contributed by atoms with Crippen molar-refractivity contribution in [1.82, 2.24) is 4.98 Å². The summed E-state index contributed by atoms with van der Waals surface area (Å²) in [7, 11) is 2.99. The van der Waals surface area contributed by atoms with E-state index in [2.05, 4.69) is 31.0 Å². The molecule has 0 spiro atoms. The van der Waals surface area contributed by atoms with Gasteiger partial charge in [-0.05, 0) is 78.3 Å². The zero-order valence-corrected chi connectivity index (χ0v) is 23.6. The van der Waals surface area contributed by atoms with Gasteiger partial charge in [-0.15, -0.1) is 0 Å². The summed E-state index contributed by atoms with van der Waals surface area (Å²) in [5, 5.41) is 0. The number of benzene rings is 3. The highest BCUT2D eigenvalue weighted by molar-refractivity contribution is 5.79. The van der Waals surface area contributed by atoms with Crippen molar-refractivity contribution in [2.75, 3.05) is 20.8 Å². The molecule has 1 aliphatic carbocycles. The van der Waals surface area contributed by atoms with Gasteiger partial charge in [0.25, 0.3) is 0 Å². The zero-order chi connectivity index (χ0) is 28.7. The third-order valence-electron chi connectivity index (χ3n) is 8.15. The number of carbonyl (C=O) groups is 1. The quantitative estimate of drug-likeness (QED) is 0.224. The number of hydrogen-bond donors (Lipinski definition) is 0. The molecule has 0 radical (unpaired) electrons. The van der Waals surface area contributed by atoms with E-state index in [0.717, 1.165) is 50.9 Å². The van der Waals surface area contributed by atoms with Crippen LogP contribution in [-0.2, 0) is 16.0 Å². The molecule has 0 saturated carbocycles. The monoisotopic (exact) mass is 553 g/mol. The maximum absolute atomic E-state index is 15.3. The smallest absolute Gasteiger partial charge is 0.306 e. The minimum absolute atomic E-state index is 0.0439. The lowest BCUT2D eigenvalue weighted by Crippen LogP contribution is -2.09. The molecule has 0 unspecified atom stereocenters. The van der Waals surface area contributed by atoms with Gasteiger partial charge in [0.2, 0.25) is 5.88 Å². The van der Waals surface area contributed by atoms with E-state index in [4.69, 9.17) is 18.9 Å². The molecule has 7 heteroatoms. The Bertz CT molecular complexity index is 1610. The molecule has 3 aromatic carbocycles. The zero-order valence-electron chi connectivity index (χ0n) is 23.6. The van der Waals surface area contributed by atoms with Crippen molar-refractivity contribution in [2.45, 2.75) is 45.1 Å². The molecule has 2 atom stereocenters. The molecule has 0 N–H and O–H groups in total. The first-order valence-corrected chi connectivity index (χ1v) is 13.8. The highest BCUT2D eigenvalue weighted by Crippen LogP contribution is 2.45. The van der Waals surface area contributed by atoms with Crippen molar-refractivity contribution in [3.63, 3.8) is 0 Å². The van der Waals surface area contributed by atoms with Gasteiger partial charge in [0, 0.05) is 40.9 Å².